The Morgan fingerprint density at radius 2 is 1.55 bits per heavy atom. The van der Waals surface area contributed by atoms with Crippen molar-refractivity contribution in [3.05, 3.63) is 113 Å². The third-order valence-corrected chi connectivity index (χ3v) is 8.98. The summed E-state index contributed by atoms with van der Waals surface area (Å²) in [5.74, 6) is -1.78. The highest BCUT2D eigenvalue weighted by atomic mass is 32.2. The monoisotopic (exact) mass is 618 g/mol. The van der Waals surface area contributed by atoms with Gasteiger partial charge in [0, 0.05) is 18.0 Å². The van der Waals surface area contributed by atoms with Crippen LogP contribution in [-0.2, 0) is 45.3 Å². The third-order valence-electron chi connectivity index (χ3n) is 5.95. The minimum Gasteiger partial charge on any atom is -0.474 e. The molecule has 0 aliphatic carbocycles. The van der Waals surface area contributed by atoms with Gasteiger partial charge in [0.25, 0.3) is 0 Å². The van der Waals surface area contributed by atoms with Crippen LogP contribution in [0.2, 0.25) is 0 Å². The maximum Gasteiger partial charge on any atom is 0.416 e. The van der Waals surface area contributed by atoms with Crippen LogP contribution in [0.4, 0.5) is 13.2 Å². The van der Waals surface area contributed by atoms with Crippen molar-refractivity contribution in [1.82, 2.24) is 9.62 Å². The van der Waals surface area contributed by atoms with Gasteiger partial charge in [-0.15, -0.1) is 11.3 Å². The summed E-state index contributed by atoms with van der Waals surface area (Å²) in [6, 6.07) is 23.4. The number of sulfonamides is 1. The van der Waals surface area contributed by atoms with Gasteiger partial charge in [-0.25, -0.2) is 17.9 Å². The van der Waals surface area contributed by atoms with Gasteiger partial charge in [0.15, 0.2) is 0 Å². The first-order valence-corrected chi connectivity index (χ1v) is 14.8. The number of amides is 1. The number of carboxylic acid groups (broad SMARTS) is 1. The first-order valence-electron chi connectivity index (χ1n) is 12.5. The molecule has 0 saturated heterocycles. The molecule has 0 unspecified atom stereocenters. The number of benzene rings is 3. The van der Waals surface area contributed by atoms with E-state index in [9.17, 15) is 36.3 Å². The molecule has 220 valence electrons. The number of carboxylic acids is 1. The first-order chi connectivity index (χ1) is 19.9. The number of aliphatic carboxylic acids is 1. The highest BCUT2D eigenvalue weighted by Gasteiger charge is 2.31. The van der Waals surface area contributed by atoms with E-state index >= 15 is 0 Å². The molecule has 3 aromatic carbocycles. The Labute approximate surface area is 244 Å². The second-order valence-electron chi connectivity index (χ2n) is 9.09. The van der Waals surface area contributed by atoms with Crippen molar-refractivity contribution in [2.24, 2.45) is 0 Å². The lowest BCUT2D eigenvalue weighted by Crippen LogP contribution is -2.35. The second-order valence-corrected chi connectivity index (χ2v) is 12.3. The number of thiophene rings is 1. The number of nitrogens with zero attached hydrogens (tertiary/aromatic N) is 1. The van der Waals surface area contributed by atoms with Crippen molar-refractivity contribution in [2.75, 3.05) is 6.54 Å². The molecule has 4 aromatic rings. The van der Waals surface area contributed by atoms with Gasteiger partial charge in [0.2, 0.25) is 10.0 Å². The third kappa shape index (κ3) is 8.41. The lowest BCUT2D eigenvalue weighted by Gasteiger charge is -2.20. The Balaban J connectivity index is 1.36. The Morgan fingerprint density at radius 1 is 0.857 bits per heavy atom. The molecule has 13 heteroatoms. The minimum absolute atomic E-state index is 0.0501. The molecule has 0 radical (unpaired) electrons. The van der Waals surface area contributed by atoms with Gasteiger partial charge >= 0.3 is 18.1 Å². The highest BCUT2D eigenvalue weighted by molar-refractivity contribution is 7.91. The molecule has 0 saturated carbocycles. The second kappa shape index (κ2) is 13.2. The zero-order valence-electron chi connectivity index (χ0n) is 21.9. The van der Waals surface area contributed by atoms with Crippen LogP contribution in [0, 0.1) is 0 Å². The molecule has 4 rings (SSSR count). The number of carbonyl (C=O) groups is 2. The minimum atomic E-state index is -4.61. The predicted molar refractivity (Wildman–Crippen MR) is 150 cm³/mol. The van der Waals surface area contributed by atoms with Crippen LogP contribution in [0.3, 0.4) is 0 Å². The Kier molecular flexibility index (Phi) is 9.66. The average molecular weight is 619 g/mol. The van der Waals surface area contributed by atoms with Crippen LogP contribution in [0.15, 0.2) is 95.2 Å². The van der Waals surface area contributed by atoms with Crippen molar-refractivity contribution in [1.29, 1.82) is 0 Å². The number of alkyl halides is 3. The largest absolute Gasteiger partial charge is 0.474 e. The molecule has 1 amide bonds. The quantitative estimate of drug-likeness (QED) is 0.209. The molecule has 0 aliphatic heterocycles. The lowest BCUT2D eigenvalue weighted by atomic mass is 10.1. The van der Waals surface area contributed by atoms with Crippen LogP contribution in [0.25, 0.3) is 0 Å². The number of rotatable bonds is 11. The molecule has 1 heterocycles. The molecular formula is C29H25F3N2O6S2. The number of nitrogens with one attached hydrogen (secondary N) is 1. The molecule has 0 bridgehead atoms. The van der Waals surface area contributed by atoms with Crippen molar-refractivity contribution in [2.45, 2.75) is 29.9 Å². The number of ether oxygens (including phenoxy) is 1. The van der Waals surface area contributed by atoms with E-state index < -0.39 is 40.2 Å². The number of hydrogen-bond acceptors (Lipinski definition) is 6. The SMILES string of the molecule is O=C(O)C(=O)N(Cc1cccc(C(F)(F)F)c1)Cc1ccc(S(=O)(=O)NCCc2ccc(Oc3ccccc3)cc2)s1. The zero-order chi connectivity index (χ0) is 30.3. The van der Waals surface area contributed by atoms with Gasteiger partial charge in [-0.3, -0.25) is 4.79 Å². The summed E-state index contributed by atoms with van der Waals surface area (Å²) in [4.78, 5) is 24.8. The Bertz CT molecular complexity index is 1640. The smallest absolute Gasteiger partial charge is 0.416 e. The van der Waals surface area contributed by atoms with Crippen LogP contribution in [0.5, 0.6) is 11.5 Å². The fourth-order valence-corrected chi connectivity index (χ4v) is 6.37. The first kappa shape index (κ1) is 30.8. The van der Waals surface area contributed by atoms with Crippen molar-refractivity contribution in [3.8, 4) is 11.5 Å². The summed E-state index contributed by atoms with van der Waals surface area (Å²) >= 11 is 0.831. The number of hydrogen-bond donors (Lipinski definition) is 2. The fourth-order valence-electron chi connectivity index (χ4n) is 3.93. The molecular weight excluding hydrogens is 593 g/mol. The topological polar surface area (TPSA) is 113 Å². The fraction of sp³-hybridized carbons (Fsp3) is 0.172. The van der Waals surface area contributed by atoms with E-state index in [1.54, 1.807) is 12.1 Å². The van der Waals surface area contributed by atoms with E-state index in [0.29, 0.717) is 22.8 Å². The lowest BCUT2D eigenvalue weighted by molar-refractivity contribution is -0.156. The normalized spacial score (nSPS) is 11.7. The van der Waals surface area contributed by atoms with Gasteiger partial charge in [0.1, 0.15) is 15.7 Å². The highest BCUT2D eigenvalue weighted by Crippen LogP contribution is 2.30. The Morgan fingerprint density at radius 3 is 2.21 bits per heavy atom. The molecule has 0 aliphatic rings. The van der Waals surface area contributed by atoms with Gasteiger partial charge in [-0.05, 0) is 66.1 Å². The summed E-state index contributed by atoms with van der Waals surface area (Å²) in [6.07, 6.45) is -4.21. The maximum atomic E-state index is 13.1. The van der Waals surface area contributed by atoms with Crippen molar-refractivity contribution < 1.29 is 41.0 Å². The van der Waals surface area contributed by atoms with Crippen molar-refractivity contribution in [3.63, 3.8) is 0 Å². The summed E-state index contributed by atoms with van der Waals surface area (Å²) in [6.45, 7) is -0.616. The van der Waals surface area contributed by atoms with Crippen LogP contribution in [-0.4, -0.2) is 36.8 Å². The number of carbonyl (C=O) groups excluding carboxylic acids is 1. The van der Waals surface area contributed by atoms with Gasteiger partial charge in [-0.1, -0.05) is 42.5 Å². The molecule has 42 heavy (non-hydrogen) atoms. The van der Waals surface area contributed by atoms with Gasteiger partial charge < -0.3 is 14.7 Å². The maximum absolute atomic E-state index is 13.1. The van der Waals surface area contributed by atoms with Crippen LogP contribution in [0.1, 0.15) is 21.6 Å². The van der Waals surface area contributed by atoms with E-state index in [2.05, 4.69) is 4.72 Å². The van der Waals surface area contributed by atoms with E-state index in [1.807, 2.05) is 42.5 Å². The van der Waals surface area contributed by atoms with E-state index in [-0.39, 0.29) is 22.9 Å². The molecule has 0 fully saturated rings. The van der Waals surface area contributed by atoms with Crippen LogP contribution < -0.4 is 9.46 Å². The van der Waals surface area contributed by atoms with Crippen molar-refractivity contribution >= 4 is 33.2 Å². The molecule has 0 spiro atoms. The molecule has 1 aromatic heterocycles. The predicted octanol–water partition coefficient (Wildman–Crippen LogP) is 5.69. The average Bonchev–Trinajstić information content (AvgIpc) is 3.43. The van der Waals surface area contributed by atoms with E-state index in [1.165, 1.54) is 18.2 Å². The van der Waals surface area contributed by atoms with E-state index in [0.717, 1.165) is 40.0 Å². The molecule has 8 nitrogen and oxygen atoms in total. The number of halogens is 3. The summed E-state index contributed by atoms with van der Waals surface area (Å²) < 4.78 is 73.2. The Hall–Kier alpha value is -4.20. The number of para-hydroxylation sites is 1. The van der Waals surface area contributed by atoms with Gasteiger partial charge in [-0.2, -0.15) is 13.2 Å². The van der Waals surface area contributed by atoms with Crippen LogP contribution >= 0.6 is 11.3 Å². The summed E-state index contributed by atoms with van der Waals surface area (Å²) in [5.41, 5.74) is 0.0160. The van der Waals surface area contributed by atoms with Gasteiger partial charge in [0.05, 0.1) is 12.1 Å². The standard InChI is InChI=1S/C29H25F3N2O6S2/c30-29(31,32)22-6-4-5-21(17-22)18-34(27(35)28(36)37)19-25-13-14-26(41-25)42(38,39)33-16-15-20-9-11-24(12-10-20)40-23-7-2-1-3-8-23/h1-14,17,33H,15-16,18-19H2,(H,36,37). The van der Waals surface area contributed by atoms with E-state index in [4.69, 9.17) is 4.74 Å². The molecule has 2 N–H and O–H groups in total. The molecule has 0 atom stereocenters. The summed E-state index contributed by atoms with van der Waals surface area (Å²) in [5, 5.41) is 9.22. The summed E-state index contributed by atoms with van der Waals surface area (Å²) in [7, 11) is -3.91. The zero-order valence-corrected chi connectivity index (χ0v) is 23.5.